The highest BCUT2D eigenvalue weighted by Gasteiger charge is 2.18. The zero-order valence-corrected chi connectivity index (χ0v) is 12.1. The fourth-order valence-corrected chi connectivity index (χ4v) is 1.99. The quantitative estimate of drug-likeness (QED) is 0.670. The molecule has 0 saturated heterocycles. The van der Waals surface area contributed by atoms with Gasteiger partial charge in [-0.2, -0.15) is 0 Å². The summed E-state index contributed by atoms with van der Waals surface area (Å²) in [4.78, 5) is 10.7. The van der Waals surface area contributed by atoms with Crippen LogP contribution in [0.2, 0.25) is 5.02 Å². The molecule has 3 N–H and O–H groups in total. The minimum atomic E-state index is -0.584. The van der Waals surface area contributed by atoms with Crippen LogP contribution in [0.5, 0.6) is 0 Å². The zero-order valence-electron chi connectivity index (χ0n) is 11.3. The molecule has 0 aromatic heterocycles. The Balaban J connectivity index is 2.49. The lowest BCUT2D eigenvalue weighted by molar-refractivity contribution is -0.118. The van der Waals surface area contributed by atoms with Crippen molar-refractivity contribution in [2.45, 2.75) is 32.4 Å². The van der Waals surface area contributed by atoms with Crippen molar-refractivity contribution < 1.29 is 9.90 Å². The van der Waals surface area contributed by atoms with Crippen LogP contribution < -0.4 is 10.6 Å². The van der Waals surface area contributed by atoms with Crippen LogP contribution in [-0.2, 0) is 4.79 Å². The van der Waals surface area contributed by atoms with Crippen LogP contribution >= 0.6 is 11.6 Å². The molecule has 0 aliphatic heterocycles. The van der Waals surface area contributed by atoms with E-state index in [0.29, 0.717) is 18.1 Å². The van der Waals surface area contributed by atoms with Crippen molar-refractivity contribution in [3.8, 4) is 0 Å². The molecule has 106 valence electrons. The van der Waals surface area contributed by atoms with Crippen molar-refractivity contribution in [3.63, 3.8) is 0 Å². The first-order chi connectivity index (χ1) is 9.04. The van der Waals surface area contributed by atoms with Gasteiger partial charge in [-0.15, -0.1) is 0 Å². The van der Waals surface area contributed by atoms with Gasteiger partial charge in [0.1, 0.15) is 0 Å². The molecule has 4 nitrogen and oxygen atoms in total. The van der Waals surface area contributed by atoms with Crippen LogP contribution in [0.15, 0.2) is 24.3 Å². The molecule has 0 spiro atoms. The summed E-state index contributed by atoms with van der Waals surface area (Å²) in [5.41, 5.74) is 0.836. The van der Waals surface area contributed by atoms with Crippen molar-refractivity contribution in [1.82, 2.24) is 10.6 Å². The highest BCUT2D eigenvalue weighted by molar-refractivity contribution is 6.30. The van der Waals surface area contributed by atoms with Gasteiger partial charge < -0.3 is 15.7 Å². The van der Waals surface area contributed by atoms with Crippen LogP contribution in [0, 0.1) is 0 Å². The van der Waals surface area contributed by atoms with E-state index in [1.165, 1.54) is 6.92 Å². The maximum absolute atomic E-state index is 10.7. The predicted octanol–water partition coefficient (Wildman–Crippen LogP) is 1.88. The van der Waals surface area contributed by atoms with Gasteiger partial charge in [0.05, 0.1) is 6.10 Å². The van der Waals surface area contributed by atoms with E-state index in [-0.39, 0.29) is 11.9 Å². The average molecular weight is 285 g/mol. The number of aliphatic hydroxyl groups excluding tert-OH is 1. The summed E-state index contributed by atoms with van der Waals surface area (Å²) < 4.78 is 0. The molecule has 0 fully saturated rings. The number of rotatable bonds is 7. The predicted molar refractivity (Wildman–Crippen MR) is 77.2 cm³/mol. The second kappa shape index (κ2) is 8.15. The molecule has 0 saturated carbocycles. The Kier molecular flexibility index (Phi) is 6.84. The third-order valence-corrected chi connectivity index (χ3v) is 3.19. The Morgan fingerprint density at radius 1 is 1.32 bits per heavy atom. The third-order valence-electron chi connectivity index (χ3n) is 2.94. The number of carbonyl (C=O) groups excluding carboxylic acids is 1. The summed E-state index contributed by atoms with van der Waals surface area (Å²) in [6.45, 7) is 4.68. The van der Waals surface area contributed by atoms with Gasteiger partial charge in [-0.1, -0.05) is 30.7 Å². The molecule has 1 amide bonds. The van der Waals surface area contributed by atoms with Gasteiger partial charge in [-0.3, -0.25) is 4.79 Å². The molecule has 0 radical (unpaired) electrons. The molecule has 1 rings (SSSR count). The van der Waals surface area contributed by atoms with E-state index < -0.39 is 6.10 Å². The average Bonchev–Trinajstić information content (AvgIpc) is 2.39. The highest BCUT2D eigenvalue weighted by atomic mass is 35.5. The lowest BCUT2D eigenvalue weighted by Crippen LogP contribution is -2.39. The number of aliphatic hydroxyl groups is 1. The number of carbonyl (C=O) groups is 1. The van der Waals surface area contributed by atoms with E-state index in [1.807, 2.05) is 19.1 Å². The summed E-state index contributed by atoms with van der Waals surface area (Å²) in [5, 5.41) is 16.9. The van der Waals surface area contributed by atoms with E-state index in [0.717, 1.165) is 12.0 Å². The van der Waals surface area contributed by atoms with Gasteiger partial charge in [0.25, 0.3) is 0 Å². The summed E-state index contributed by atoms with van der Waals surface area (Å²) in [7, 11) is 0. The molecule has 1 aromatic carbocycles. The molecule has 2 unspecified atom stereocenters. The van der Waals surface area contributed by atoms with Gasteiger partial charge in [0.15, 0.2) is 0 Å². The van der Waals surface area contributed by atoms with Crippen molar-refractivity contribution in [2.24, 2.45) is 0 Å². The lowest BCUT2D eigenvalue weighted by Gasteiger charge is -2.23. The second-order valence-electron chi connectivity index (χ2n) is 4.45. The Morgan fingerprint density at radius 2 is 1.95 bits per heavy atom. The smallest absolute Gasteiger partial charge is 0.216 e. The van der Waals surface area contributed by atoms with Gasteiger partial charge in [-0.25, -0.2) is 0 Å². The number of hydrogen-bond donors (Lipinski definition) is 3. The Bertz CT molecular complexity index is 395. The number of hydrogen-bond acceptors (Lipinski definition) is 3. The van der Waals surface area contributed by atoms with Crippen molar-refractivity contribution in [1.29, 1.82) is 0 Å². The van der Waals surface area contributed by atoms with Crippen LogP contribution in [0.4, 0.5) is 0 Å². The molecule has 0 aliphatic rings. The number of amides is 1. The van der Waals surface area contributed by atoms with Crippen molar-refractivity contribution >= 4 is 17.5 Å². The number of nitrogens with one attached hydrogen (secondary N) is 2. The normalized spacial score (nSPS) is 13.9. The molecule has 0 bridgehead atoms. The highest BCUT2D eigenvalue weighted by Crippen LogP contribution is 2.20. The van der Waals surface area contributed by atoms with Crippen molar-refractivity contribution in [2.75, 3.05) is 13.1 Å². The van der Waals surface area contributed by atoms with Crippen molar-refractivity contribution in [3.05, 3.63) is 34.9 Å². The van der Waals surface area contributed by atoms with Gasteiger partial charge in [0, 0.05) is 31.1 Å². The minimum absolute atomic E-state index is 0.0464. The van der Waals surface area contributed by atoms with E-state index in [1.54, 1.807) is 12.1 Å². The van der Waals surface area contributed by atoms with Crippen LogP contribution in [-0.4, -0.2) is 30.1 Å². The summed E-state index contributed by atoms with van der Waals surface area (Å²) >= 11 is 5.82. The zero-order chi connectivity index (χ0) is 14.3. The minimum Gasteiger partial charge on any atom is -0.387 e. The first-order valence-electron chi connectivity index (χ1n) is 6.46. The SMILES string of the molecule is CCC(NCCNC(C)=O)C(O)c1ccc(Cl)cc1. The lowest BCUT2D eigenvalue weighted by atomic mass is 10.0. The second-order valence-corrected chi connectivity index (χ2v) is 4.88. The topological polar surface area (TPSA) is 61.4 Å². The molecule has 0 aliphatic carbocycles. The Labute approximate surface area is 119 Å². The maximum atomic E-state index is 10.7. The molecule has 0 heterocycles. The third kappa shape index (κ3) is 5.59. The van der Waals surface area contributed by atoms with E-state index in [4.69, 9.17) is 11.6 Å². The van der Waals surface area contributed by atoms with Crippen LogP contribution in [0.1, 0.15) is 31.9 Å². The Morgan fingerprint density at radius 3 is 2.47 bits per heavy atom. The van der Waals surface area contributed by atoms with Gasteiger partial charge in [-0.05, 0) is 24.1 Å². The molecule has 1 aromatic rings. The van der Waals surface area contributed by atoms with E-state index in [9.17, 15) is 9.90 Å². The van der Waals surface area contributed by atoms with E-state index >= 15 is 0 Å². The Hall–Kier alpha value is -1.10. The summed E-state index contributed by atoms with van der Waals surface area (Å²) in [6.07, 6.45) is 0.212. The van der Waals surface area contributed by atoms with Gasteiger partial charge >= 0.3 is 0 Å². The summed E-state index contributed by atoms with van der Waals surface area (Å²) in [6, 6.07) is 7.14. The monoisotopic (exact) mass is 284 g/mol. The maximum Gasteiger partial charge on any atom is 0.216 e. The molecule has 5 heteroatoms. The largest absolute Gasteiger partial charge is 0.387 e. The first kappa shape index (κ1) is 16.0. The number of benzene rings is 1. The molecule has 19 heavy (non-hydrogen) atoms. The molecular formula is C14H21ClN2O2. The summed E-state index contributed by atoms with van der Waals surface area (Å²) in [5.74, 6) is -0.0481. The van der Waals surface area contributed by atoms with E-state index in [2.05, 4.69) is 10.6 Å². The van der Waals surface area contributed by atoms with Gasteiger partial charge in [0.2, 0.25) is 5.91 Å². The first-order valence-corrected chi connectivity index (χ1v) is 6.83. The standard InChI is InChI=1S/C14H21ClN2O2/c1-3-13(17-9-8-16-10(2)18)14(19)11-4-6-12(15)7-5-11/h4-7,13-14,17,19H,3,8-9H2,1-2H3,(H,16,18). The number of halogens is 1. The molecule has 2 atom stereocenters. The molecular weight excluding hydrogens is 264 g/mol. The van der Waals surface area contributed by atoms with Crippen LogP contribution in [0.25, 0.3) is 0 Å². The fraction of sp³-hybridized carbons (Fsp3) is 0.500. The fourth-order valence-electron chi connectivity index (χ4n) is 1.87. The van der Waals surface area contributed by atoms with Crippen LogP contribution in [0.3, 0.4) is 0 Å².